The molecule has 0 aromatic heterocycles. The predicted octanol–water partition coefficient (Wildman–Crippen LogP) is 1.19. The van der Waals surface area contributed by atoms with Gasteiger partial charge in [0, 0.05) is 5.92 Å². The smallest absolute Gasteiger partial charge is 0.346 e. The Labute approximate surface area is 144 Å². The Hall–Kier alpha value is -1.43. The summed E-state index contributed by atoms with van der Waals surface area (Å²) in [5.41, 5.74) is 0. The fourth-order valence-electron chi connectivity index (χ4n) is 9.09. The highest BCUT2D eigenvalue weighted by Gasteiger charge is 2.75. The van der Waals surface area contributed by atoms with E-state index in [1.165, 1.54) is 0 Å². The first kappa shape index (κ1) is 13.7. The van der Waals surface area contributed by atoms with Crippen molar-refractivity contribution in [2.24, 2.45) is 71.0 Å². The molecule has 2 heterocycles. The van der Waals surface area contributed by atoms with Crippen molar-refractivity contribution >= 4 is 17.9 Å². The van der Waals surface area contributed by atoms with Crippen LogP contribution in [0.2, 0.25) is 0 Å². The number of hydrogen-bond acceptors (Lipinski definition) is 6. The molecule has 0 N–H and O–H groups in total. The van der Waals surface area contributed by atoms with Gasteiger partial charge in [-0.15, -0.1) is 0 Å². The molecule has 6 heteroatoms. The van der Waals surface area contributed by atoms with Crippen molar-refractivity contribution in [3.05, 3.63) is 0 Å². The SMILES string of the molecule is O=C1OOCC2C3CC(C4CC5C6CC(C7C(=O)OC(=O)C67)C5C34)C12. The molecule has 25 heavy (non-hydrogen) atoms. The third-order valence-electron chi connectivity index (χ3n) is 9.36. The van der Waals surface area contributed by atoms with Crippen LogP contribution in [0.3, 0.4) is 0 Å². The van der Waals surface area contributed by atoms with Crippen molar-refractivity contribution in [3.63, 3.8) is 0 Å². The lowest BCUT2D eigenvalue weighted by atomic mass is 9.63. The van der Waals surface area contributed by atoms with Crippen LogP contribution in [0.4, 0.5) is 0 Å². The summed E-state index contributed by atoms with van der Waals surface area (Å²) in [6, 6.07) is 0. The van der Waals surface area contributed by atoms with Crippen molar-refractivity contribution in [3.8, 4) is 0 Å². The van der Waals surface area contributed by atoms with E-state index in [0.29, 0.717) is 59.9 Å². The van der Waals surface area contributed by atoms with Gasteiger partial charge in [0.1, 0.15) is 0 Å². The van der Waals surface area contributed by atoms with Crippen molar-refractivity contribution < 1.29 is 28.9 Å². The number of carbonyl (C=O) groups is 3. The van der Waals surface area contributed by atoms with Crippen LogP contribution in [0.25, 0.3) is 0 Å². The molecule has 0 radical (unpaired) electrons. The van der Waals surface area contributed by atoms with Gasteiger partial charge in [-0.3, -0.25) is 14.5 Å². The lowest BCUT2D eigenvalue weighted by molar-refractivity contribution is -0.308. The Morgan fingerprint density at radius 2 is 1.16 bits per heavy atom. The van der Waals surface area contributed by atoms with Crippen LogP contribution in [0.15, 0.2) is 0 Å². The Kier molecular flexibility index (Phi) is 2.26. The predicted molar refractivity (Wildman–Crippen MR) is 78.9 cm³/mol. The minimum atomic E-state index is -0.272. The van der Waals surface area contributed by atoms with E-state index in [2.05, 4.69) is 0 Å². The van der Waals surface area contributed by atoms with E-state index in [0.717, 1.165) is 19.3 Å². The normalized spacial score (nSPS) is 62.5. The average molecular weight is 344 g/mol. The number of fused-ring (bicyclic) bond motifs is 17. The van der Waals surface area contributed by atoms with Crippen molar-refractivity contribution in [2.75, 3.05) is 6.61 Å². The van der Waals surface area contributed by atoms with Gasteiger partial charge in [-0.1, -0.05) is 0 Å². The molecule has 6 nitrogen and oxygen atoms in total. The van der Waals surface area contributed by atoms with E-state index in [9.17, 15) is 14.4 Å². The van der Waals surface area contributed by atoms with Crippen molar-refractivity contribution in [2.45, 2.75) is 19.3 Å². The number of hydrogen-bond donors (Lipinski definition) is 0. The molecule has 2 saturated heterocycles. The van der Waals surface area contributed by atoms with Crippen LogP contribution in [0, 0.1) is 71.0 Å². The van der Waals surface area contributed by atoms with Crippen molar-refractivity contribution in [1.29, 1.82) is 0 Å². The second-order valence-electron chi connectivity index (χ2n) is 9.51. The molecule has 0 spiro atoms. The third-order valence-corrected chi connectivity index (χ3v) is 9.36. The van der Waals surface area contributed by atoms with Crippen LogP contribution < -0.4 is 0 Å². The van der Waals surface area contributed by atoms with Gasteiger partial charge in [0.25, 0.3) is 0 Å². The van der Waals surface area contributed by atoms with Crippen LogP contribution in [-0.4, -0.2) is 24.5 Å². The molecule has 132 valence electrons. The summed E-state index contributed by atoms with van der Waals surface area (Å²) in [7, 11) is 0. The maximum atomic E-state index is 12.2. The number of cyclic esters (lactones) is 2. The topological polar surface area (TPSA) is 78.9 Å². The highest BCUT2D eigenvalue weighted by molar-refractivity contribution is 5.97. The molecule has 5 saturated carbocycles. The van der Waals surface area contributed by atoms with Crippen molar-refractivity contribution in [1.82, 2.24) is 0 Å². The molecule has 5 aliphatic carbocycles. The minimum Gasteiger partial charge on any atom is -0.393 e. The van der Waals surface area contributed by atoms with E-state index in [4.69, 9.17) is 14.5 Å². The number of carbonyl (C=O) groups excluding carboxylic acids is 3. The Morgan fingerprint density at radius 3 is 1.96 bits per heavy atom. The zero-order valence-electron chi connectivity index (χ0n) is 13.7. The van der Waals surface area contributed by atoms with Gasteiger partial charge >= 0.3 is 17.9 Å². The zero-order chi connectivity index (χ0) is 16.6. The number of ether oxygens (including phenoxy) is 1. The fourth-order valence-corrected chi connectivity index (χ4v) is 9.09. The van der Waals surface area contributed by atoms with Crippen LogP contribution >= 0.6 is 0 Å². The van der Waals surface area contributed by atoms with Gasteiger partial charge in [0.2, 0.25) is 0 Å². The van der Waals surface area contributed by atoms with Gasteiger partial charge in [-0.2, -0.15) is 4.89 Å². The summed E-state index contributed by atoms with van der Waals surface area (Å²) in [5.74, 6) is 3.10. The Bertz CT molecular complexity index is 731. The molecule has 7 rings (SSSR count). The summed E-state index contributed by atoms with van der Waals surface area (Å²) in [6.45, 7) is 0.527. The largest absolute Gasteiger partial charge is 0.393 e. The zero-order valence-corrected chi connectivity index (χ0v) is 13.7. The molecule has 4 bridgehead atoms. The van der Waals surface area contributed by atoms with E-state index >= 15 is 0 Å². The third kappa shape index (κ3) is 1.34. The summed E-state index contributed by atoms with van der Waals surface area (Å²) in [4.78, 5) is 46.6. The number of rotatable bonds is 0. The highest BCUT2D eigenvalue weighted by atomic mass is 17.2. The number of esters is 2. The molecule has 0 amide bonds. The van der Waals surface area contributed by atoms with Crippen LogP contribution in [-0.2, 0) is 28.9 Å². The minimum absolute atomic E-state index is 0.0163. The lowest BCUT2D eigenvalue weighted by Crippen LogP contribution is -2.45. The highest BCUT2D eigenvalue weighted by Crippen LogP contribution is 2.75. The summed E-state index contributed by atoms with van der Waals surface area (Å²) >= 11 is 0. The molecule has 0 aromatic carbocycles. The first-order chi connectivity index (χ1) is 12.1. The molecular weight excluding hydrogens is 324 g/mol. The second kappa shape index (κ2) is 4.11. The molecule has 12 atom stereocenters. The van der Waals surface area contributed by atoms with Gasteiger partial charge in [-0.25, -0.2) is 4.79 Å². The van der Waals surface area contributed by atoms with E-state index in [-0.39, 0.29) is 35.7 Å². The van der Waals surface area contributed by atoms with E-state index in [1.54, 1.807) is 0 Å². The molecule has 0 aromatic rings. The van der Waals surface area contributed by atoms with Gasteiger partial charge in [-0.05, 0) is 66.6 Å². The van der Waals surface area contributed by atoms with Gasteiger partial charge in [0.15, 0.2) is 0 Å². The standard InChI is InChI=1S/C19H20O6/c20-17-15-8-3-10(16(15)18(21)24-17)13-6(8)1-5-7-2-9(12(5)13)11-4-23-25-19(22)14(7)11/h5-16H,1-4H2. The fraction of sp³-hybridized carbons (Fsp3) is 0.842. The Balaban J connectivity index is 1.28. The molecule has 7 fully saturated rings. The monoisotopic (exact) mass is 344 g/mol. The summed E-state index contributed by atoms with van der Waals surface area (Å²) < 4.78 is 4.99. The quantitative estimate of drug-likeness (QED) is 0.373. The van der Waals surface area contributed by atoms with Crippen LogP contribution in [0.5, 0.6) is 0 Å². The first-order valence-electron chi connectivity index (χ1n) is 9.74. The molecular formula is C19H20O6. The molecule has 2 aliphatic heterocycles. The summed E-state index contributed by atoms with van der Waals surface area (Å²) in [5, 5.41) is 0. The Morgan fingerprint density at radius 1 is 0.600 bits per heavy atom. The maximum absolute atomic E-state index is 12.2. The second-order valence-corrected chi connectivity index (χ2v) is 9.51. The first-order valence-corrected chi connectivity index (χ1v) is 9.74. The maximum Gasteiger partial charge on any atom is 0.346 e. The summed E-state index contributed by atoms with van der Waals surface area (Å²) in [6.07, 6.45) is 3.26. The molecule has 7 aliphatic rings. The van der Waals surface area contributed by atoms with Crippen LogP contribution in [0.1, 0.15) is 19.3 Å². The van der Waals surface area contributed by atoms with E-state index < -0.39 is 0 Å². The van der Waals surface area contributed by atoms with E-state index in [1.807, 2.05) is 0 Å². The lowest BCUT2D eigenvalue weighted by Gasteiger charge is -2.42. The van der Waals surface area contributed by atoms with Gasteiger partial charge in [0.05, 0.1) is 24.4 Å². The van der Waals surface area contributed by atoms with Gasteiger partial charge < -0.3 is 4.74 Å². The molecule has 12 unspecified atom stereocenters. The average Bonchev–Trinajstić information content (AvgIpc) is 3.34.